The minimum absolute atomic E-state index is 0.126. The van der Waals surface area contributed by atoms with Crippen molar-refractivity contribution in [2.45, 2.75) is 0 Å². The third-order valence-corrected chi connectivity index (χ3v) is 0.807. The predicted octanol–water partition coefficient (Wildman–Crippen LogP) is -0.716. The van der Waals surface area contributed by atoms with Crippen LogP contribution >= 0.6 is 0 Å². The molecule has 0 radical (unpaired) electrons. The van der Waals surface area contributed by atoms with Gasteiger partial charge in [-0.25, -0.2) is 0 Å². The van der Waals surface area contributed by atoms with Crippen LogP contribution in [0, 0.1) is 0 Å². The van der Waals surface area contributed by atoms with Crippen molar-refractivity contribution in [3.05, 3.63) is 0 Å². The molecule has 0 amide bonds. The van der Waals surface area contributed by atoms with Gasteiger partial charge in [0.25, 0.3) is 0 Å². The number of rotatable bonds is 2. The van der Waals surface area contributed by atoms with Crippen molar-refractivity contribution in [2.75, 3.05) is 14.2 Å². The molecule has 0 aliphatic rings. The van der Waals surface area contributed by atoms with Gasteiger partial charge in [0.05, 0.1) is 14.2 Å². The lowest BCUT2D eigenvalue weighted by molar-refractivity contribution is 0.329. The van der Waals surface area contributed by atoms with Crippen LogP contribution < -0.4 is 9.47 Å². The first-order chi connectivity index (χ1) is 4.86. The Kier molecular flexibility index (Phi) is 1.93. The lowest BCUT2D eigenvalue weighted by Gasteiger charge is -1.94. The van der Waals surface area contributed by atoms with Gasteiger partial charge in [0.1, 0.15) is 0 Å². The zero-order valence-corrected chi connectivity index (χ0v) is 5.61. The van der Waals surface area contributed by atoms with Crippen LogP contribution in [0.3, 0.4) is 0 Å². The maximum atomic E-state index is 4.61. The number of ether oxygens (including phenoxy) is 2. The monoisotopic (exact) mass is 142 g/mol. The molecule has 0 saturated carbocycles. The lowest BCUT2D eigenvalue weighted by atomic mass is 11.1. The summed E-state index contributed by atoms with van der Waals surface area (Å²) in [7, 11) is 2.87. The number of hydrogen-bond donors (Lipinski definition) is 0. The molecule has 0 saturated heterocycles. The molecule has 0 bridgehead atoms. The molecule has 0 spiro atoms. The standard InChI is InChI=1S/C4H6N4O2/c1-9-3-5-7-4(10-2)8-6-3/h1-2H3. The molecule has 0 unspecified atom stereocenters. The minimum atomic E-state index is 0.126. The Morgan fingerprint density at radius 1 is 0.800 bits per heavy atom. The normalized spacial score (nSPS) is 9.00. The summed E-state index contributed by atoms with van der Waals surface area (Å²) in [5.74, 6) is 0. The molecule has 0 aromatic carbocycles. The van der Waals surface area contributed by atoms with Gasteiger partial charge in [0.2, 0.25) is 0 Å². The zero-order valence-electron chi connectivity index (χ0n) is 5.61. The molecule has 0 atom stereocenters. The molecule has 0 N–H and O–H groups in total. The SMILES string of the molecule is COc1nnc(OC)nn1. The summed E-state index contributed by atoms with van der Waals surface area (Å²) in [4.78, 5) is 0. The Hall–Kier alpha value is -1.46. The van der Waals surface area contributed by atoms with Gasteiger partial charge in [-0.1, -0.05) is 20.4 Å². The van der Waals surface area contributed by atoms with Crippen LogP contribution in [-0.4, -0.2) is 34.6 Å². The van der Waals surface area contributed by atoms with E-state index >= 15 is 0 Å². The van der Waals surface area contributed by atoms with Crippen LogP contribution in [0.4, 0.5) is 0 Å². The molecular formula is C4H6N4O2. The van der Waals surface area contributed by atoms with E-state index < -0.39 is 0 Å². The Morgan fingerprint density at radius 3 is 1.30 bits per heavy atom. The van der Waals surface area contributed by atoms with E-state index in [1.807, 2.05) is 0 Å². The molecule has 54 valence electrons. The van der Waals surface area contributed by atoms with Gasteiger partial charge < -0.3 is 9.47 Å². The largest absolute Gasteiger partial charge is 0.465 e. The fourth-order valence-corrected chi connectivity index (χ4v) is 0.374. The second kappa shape index (κ2) is 2.90. The number of aromatic nitrogens is 4. The molecule has 1 aromatic heterocycles. The molecule has 0 aliphatic heterocycles. The highest BCUT2D eigenvalue weighted by Gasteiger charge is 1.97. The Bertz CT molecular complexity index is 176. The number of nitrogens with zero attached hydrogens (tertiary/aromatic N) is 4. The van der Waals surface area contributed by atoms with E-state index in [4.69, 9.17) is 0 Å². The van der Waals surface area contributed by atoms with Gasteiger partial charge in [-0.2, -0.15) is 0 Å². The van der Waals surface area contributed by atoms with Crippen molar-refractivity contribution in [1.82, 2.24) is 20.4 Å². The van der Waals surface area contributed by atoms with Crippen LogP contribution in [0.2, 0.25) is 0 Å². The van der Waals surface area contributed by atoms with Crippen molar-refractivity contribution in [1.29, 1.82) is 0 Å². The van der Waals surface area contributed by atoms with Crippen molar-refractivity contribution in [3.8, 4) is 12.0 Å². The lowest BCUT2D eigenvalue weighted by Crippen LogP contribution is -1.99. The first kappa shape index (κ1) is 6.66. The minimum Gasteiger partial charge on any atom is -0.465 e. The third-order valence-electron chi connectivity index (χ3n) is 0.807. The predicted molar refractivity (Wildman–Crippen MR) is 30.7 cm³/mol. The van der Waals surface area contributed by atoms with Crippen LogP contribution in [0.1, 0.15) is 0 Å². The van der Waals surface area contributed by atoms with Crippen molar-refractivity contribution in [3.63, 3.8) is 0 Å². The van der Waals surface area contributed by atoms with Gasteiger partial charge in [0, 0.05) is 0 Å². The van der Waals surface area contributed by atoms with E-state index in [9.17, 15) is 0 Å². The Morgan fingerprint density at radius 2 is 1.10 bits per heavy atom. The highest BCUT2D eigenvalue weighted by molar-refractivity contribution is 4.88. The summed E-state index contributed by atoms with van der Waals surface area (Å²) >= 11 is 0. The highest BCUT2D eigenvalue weighted by atomic mass is 16.5. The molecule has 1 aromatic rings. The fraction of sp³-hybridized carbons (Fsp3) is 0.500. The average Bonchev–Trinajstić information content (AvgIpc) is 2.05. The molecule has 6 nitrogen and oxygen atoms in total. The van der Waals surface area contributed by atoms with Gasteiger partial charge >= 0.3 is 12.0 Å². The summed E-state index contributed by atoms with van der Waals surface area (Å²) in [6.07, 6.45) is 0. The summed E-state index contributed by atoms with van der Waals surface area (Å²) in [5.41, 5.74) is 0. The van der Waals surface area contributed by atoms with Gasteiger partial charge in [-0.15, -0.1) is 0 Å². The van der Waals surface area contributed by atoms with E-state index in [-0.39, 0.29) is 12.0 Å². The Balaban J connectivity index is 2.80. The molecule has 0 fully saturated rings. The fourth-order valence-electron chi connectivity index (χ4n) is 0.374. The van der Waals surface area contributed by atoms with Crippen molar-refractivity contribution >= 4 is 0 Å². The van der Waals surface area contributed by atoms with Crippen LogP contribution in [0.15, 0.2) is 0 Å². The molecule has 1 rings (SSSR count). The van der Waals surface area contributed by atoms with E-state index in [1.54, 1.807) is 0 Å². The first-order valence-corrected chi connectivity index (χ1v) is 2.52. The second-order valence-electron chi connectivity index (χ2n) is 1.37. The van der Waals surface area contributed by atoms with E-state index in [0.29, 0.717) is 0 Å². The quantitative estimate of drug-likeness (QED) is 0.543. The molecule has 0 aliphatic carbocycles. The molecule has 1 heterocycles. The van der Waals surface area contributed by atoms with Crippen LogP contribution in [0.25, 0.3) is 0 Å². The van der Waals surface area contributed by atoms with E-state index in [2.05, 4.69) is 29.9 Å². The average molecular weight is 142 g/mol. The van der Waals surface area contributed by atoms with Crippen molar-refractivity contribution < 1.29 is 9.47 Å². The molecule has 10 heavy (non-hydrogen) atoms. The second-order valence-corrected chi connectivity index (χ2v) is 1.37. The first-order valence-electron chi connectivity index (χ1n) is 2.52. The van der Waals surface area contributed by atoms with Gasteiger partial charge in [0.15, 0.2) is 0 Å². The maximum absolute atomic E-state index is 4.61. The van der Waals surface area contributed by atoms with Crippen LogP contribution in [0.5, 0.6) is 12.0 Å². The van der Waals surface area contributed by atoms with Gasteiger partial charge in [-0.05, 0) is 0 Å². The zero-order chi connectivity index (χ0) is 7.40. The summed E-state index contributed by atoms with van der Waals surface area (Å²) in [6, 6.07) is 0.251. The number of methoxy groups -OCH3 is 2. The van der Waals surface area contributed by atoms with E-state index in [0.717, 1.165) is 0 Å². The number of hydrogen-bond acceptors (Lipinski definition) is 6. The summed E-state index contributed by atoms with van der Waals surface area (Å²) in [6.45, 7) is 0. The summed E-state index contributed by atoms with van der Waals surface area (Å²) in [5, 5.41) is 14.0. The van der Waals surface area contributed by atoms with Crippen molar-refractivity contribution in [2.24, 2.45) is 0 Å². The smallest absolute Gasteiger partial charge is 0.354 e. The highest BCUT2D eigenvalue weighted by Crippen LogP contribution is 1.97. The van der Waals surface area contributed by atoms with E-state index in [1.165, 1.54) is 14.2 Å². The maximum Gasteiger partial charge on any atom is 0.354 e. The van der Waals surface area contributed by atoms with Gasteiger partial charge in [-0.3, -0.25) is 0 Å². The third kappa shape index (κ3) is 1.28. The Labute approximate surface area is 57.2 Å². The summed E-state index contributed by atoms with van der Waals surface area (Å²) < 4.78 is 9.22. The topological polar surface area (TPSA) is 70.0 Å². The molecule has 6 heteroatoms. The molecular weight excluding hydrogens is 136 g/mol. The van der Waals surface area contributed by atoms with Crippen LogP contribution in [-0.2, 0) is 0 Å².